The van der Waals surface area contributed by atoms with Gasteiger partial charge in [-0.1, -0.05) is 59.6 Å². The van der Waals surface area contributed by atoms with E-state index in [4.69, 9.17) is 27.9 Å². The predicted molar refractivity (Wildman–Crippen MR) is 117 cm³/mol. The van der Waals surface area contributed by atoms with Crippen LogP contribution in [0.15, 0.2) is 66.7 Å². The maximum absolute atomic E-state index is 13.7. The van der Waals surface area contributed by atoms with Gasteiger partial charge in [0.1, 0.15) is 24.1 Å². The van der Waals surface area contributed by atoms with E-state index in [0.717, 1.165) is 5.56 Å². The van der Waals surface area contributed by atoms with Crippen LogP contribution in [0.25, 0.3) is 0 Å². The van der Waals surface area contributed by atoms with E-state index in [-0.39, 0.29) is 12.4 Å². The number of hydrogen-bond acceptors (Lipinski definition) is 4. The maximum atomic E-state index is 13.7. The van der Waals surface area contributed by atoms with Gasteiger partial charge in [-0.3, -0.25) is 0 Å². The van der Waals surface area contributed by atoms with Crippen molar-refractivity contribution in [3.63, 3.8) is 0 Å². The lowest BCUT2D eigenvalue weighted by Gasteiger charge is -2.26. The highest BCUT2D eigenvalue weighted by molar-refractivity contribution is 6.31. The van der Waals surface area contributed by atoms with E-state index in [1.807, 2.05) is 12.1 Å². The van der Waals surface area contributed by atoms with Gasteiger partial charge in [-0.05, 0) is 29.8 Å². The van der Waals surface area contributed by atoms with Crippen molar-refractivity contribution in [3.05, 3.63) is 93.5 Å². The van der Waals surface area contributed by atoms with Crippen LogP contribution in [-0.4, -0.2) is 17.3 Å². The van der Waals surface area contributed by atoms with Crippen molar-refractivity contribution in [2.45, 2.75) is 30.8 Å². The Morgan fingerprint density at radius 3 is 2.31 bits per heavy atom. The highest BCUT2D eigenvalue weighted by Crippen LogP contribution is 2.45. The largest absolute Gasteiger partial charge is 0.507 e. The average Bonchev–Trinajstić information content (AvgIpc) is 3.19. The van der Waals surface area contributed by atoms with Crippen molar-refractivity contribution in [1.29, 1.82) is 0 Å². The molecule has 168 valence electrons. The minimum Gasteiger partial charge on any atom is -0.507 e. The molecule has 1 aliphatic heterocycles. The van der Waals surface area contributed by atoms with Crippen LogP contribution < -0.4 is 15.6 Å². The number of alkyl halides is 3. The molecule has 3 aromatic carbocycles. The Morgan fingerprint density at radius 1 is 0.938 bits per heavy atom. The molecule has 3 N–H and O–H groups in total. The third-order valence-corrected chi connectivity index (χ3v) is 6.03. The molecule has 4 nitrogen and oxygen atoms in total. The quantitative estimate of drug-likeness (QED) is 0.408. The van der Waals surface area contributed by atoms with Crippen molar-refractivity contribution in [3.8, 4) is 11.5 Å². The van der Waals surface area contributed by atoms with Crippen molar-refractivity contribution < 1.29 is 23.0 Å². The zero-order chi connectivity index (χ0) is 22.9. The Labute approximate surface area is 192 Å². The first kappa shape index (κ1) is 22.7. The Morgan fingerprint density at radius 2 is 1.66 bits per heavy atom. The predicted octanol–water partition coefficient (Wildman–Crippen LogP) is 6.14. The topological polar surface area (TPSA) is 53.5 Å². The standard InChI is InChI=1S/C23H19Cl2F3N2O2/c24-15-7-5-13(6-8-15)20-21(29-30-22(20)23(26,27)28)17-10-9-16(11-19(17)31)32-12-14-3-1-2-4-18(14)25/h1-11,20-22,29-31H,12H2. The monoisotopic (exact) mass is 482 g/mol. The normalized spacial score (nSPS) is 21.0. The molecule has 0 bridgehead atoms. The van der Waals surface area contributed by atoms with Crippen molar-refractivity contribution >= 4 is 23.2 Å². The number of phenolic OH excluding ortho intramolecular Hbond substituents is 1. The van der Waals surface area contributed by atoms with Crippen molar-refractivity contribution in [2.24, 2.45) is 0 Å². The molecule has 0 aliphatic carbocycles. The van der Waals surface area contributed by atoms with Crippen LogP contribution in [0.4, 0.5) is 13.2 Å². The minimum absolute atomic E-state index is 0.178. The van der Waals surface area contributed by atoms with Gasteiger partial charge in [-0.25, -0.2) is 10.9 Å². The molecular weight excluding hydrogens is 464 g/mol. The maximum Gasteiger partial charge on any atom is 0.405 e. The molecule has 3 aromatic rings. The first-order chi connectivity index (χ1) is 15.2. The van der Waals surface area contributed by atoms with Crippen LogP contribution in [0.2, 0.25) is 10.0 Å². The average molecular weight is 483 g/mol. The summed E-state index contributed by atoms with van der Waals surface area (Å²) < 4.78 is 46.8. The summed E-state index contributed by atoms with van der Waals surface area (Å²) in [4.78, 5) is 0. The molecule has 1 fully saturated rings. The lowest BCUT2D eigenvalue weighted by molar-refractivity contribution is -0.156. The SMILES string of the molecule is Oc1cc(OCc2ccccc2Cl)ccc1C1NNC(C(F)(F)F)C1c1ccc(Cl)cc1. The summed E-state index contributed by atoms with van der Waals surface area (Å²) in [6.45, 7) is 0.186. The van der Waals surface area contributed by atoms with Crippen LogP contribution in [0.5, 0.6) is 11.5 Å². The number of rotatable bonds is 5. The fourth-order valence-corrected chi connectivity index (χ4v) is 4.15. The molecule has 1 aliphatic rings. The summed E-state index contributed by atoms with van der Waals surface area (Å²) in [6.07, 6.45) is -4.50. The van der Waals surface area contributed by atoms with E-state index in [2.05, 4.69) is 10.9 Å². The van der Waals surface area contributed by atoms with Crippen LogP contribution in [0.3, 0.4) is 0 Å². The van der Waals surface area contributed by atoms with Gasteiger partial charge in [0.2, 0.25) is 0 Å². The third-order valence-electron chi connectivity index (χ3n) is 5.41. The summed E-state index contributed by atoms with van der Waals surface area (Å²) in [5.41, 5.74) is 6.56. The van der Waals surface area contributed by atoms with Crippen LogP contribution in [0.1, 0.15) is 28.7 Å². The third kappa shape index (κ3) is 4.81. The smallest absolute Gasteiger partial charge is 0.405 e. The number of halogens is 5. The van der Waals surface area contributed by atoms with E-state index >= 15 is 0 Å². The molecule has 0 saturated carbocycles. The van der Waals surface area contributed by atoms with Gasteiger partial charge in [0, 0.05) is 33.2 Å². The van der Waals surface area contributed by atoms with Gasteiger partial charge in [0.05, 0.1) is 6.04 Å². The minimum atomic E-state index is -4.50. The van der Waals surface area contributed by atoms with Gasteiger partial charge < -0.3 is 9.84 Å². The zero-order valence-electron chi connectivity index (χ0n) is 16.5. The van der Waals surface area contributed by atoms with E-state index in [1.54, 1.807) is 48.5 Å². The molecule has 3 unspecified atom stereocenters. The molecule has 0 radical (unpaired) electrons. The summed E-state index contributed by atoms with van der Waals surface area (Å²) in [5, 5.41) is 11.6. The molecule has 1 saturated heterocycles. The molecule has 9 heteroatoms. The van der Waals surface area contributed by atoms with E-state index in [1.165, 1.54) is 6.07 Å². The molecule has 3 atom stereocenters. The van der Waals surface area contributed by atoms with Gasteiger partial charge >= 0.3 is 6.18 Å². The number of hydrogen-bond donors (Lipinski definition) is 3. The zero-order valence-corrected chi connectivity index (χ0v) is 18.0. The lowest BCUT2D eigenvalue weighted by atomic mass is 9.83. The second kappa shape index (κ2) is 9.19. The highest BCUT2D eigenvalue weighted by atomic mass is 35.5. The second-order valence-corrected chi connectivity index (χ2v) is 8.31. The van der Waals surface area contributed by atoms with Crippen LogP contribution in [-0.2, 0) is 6.61 Å². The summed E-state index contributed by atoms with van der Waals surface area (Å²) in [7, 11) is 0. The van der Waals surface area contributed by atoms with E-state index in [9.17, 15) is 18.3 Å². The molecular formula is C23H19Cl2F3N2O2. The number of phenols is 1. The highest BCUT2D eigenvalue weighted by Gasteiger charge is 2.52. The summed E-state index contributed by atoms with van der Waals surface area (Å²) in [5.74, 6) is -0.830. The molecule has 0 amide bonds. The molecule has 32 heavy (non-hydrogen) atoms. The molecule has 0 spiro atoms. The molecule has 0 aromatic heterocycles. The molecule has 4 rings (SSSR count). The lowest BCUT2D eigenvalue weighted by Crippen LogP contribution is -2.43. The number of ether oxygens (including phenoxy) is 1. The van der Waals surface area contributed by atoms with Crippen molar-refractivity contribution in [1.82, 2.24) is 10.9 Å². The van der Waals surface area contributed by atoms with Gasteiger partial charge in [-0.15, -0.1) is 0 Å². The van der Waals surface area contributed by atoms with E-state index in [0.29, 0.717) is 26.9 Å². The van der Waals surface area contributed by atoms with Gasteiger partial charge in [-0.2, -0.15) is 13.2 Å². The molecule has 1 heterocycles. The van der Waals surface area contributed by atoms with Crippen LogP contribution in [0, 0.1) is 0 Å². The van der Waals surface area contributed by atoms with E-state index < -0.39 is 24.2 Å². The number of aromatic hydroxyl groups is 1. The first-order valence-corrected chi connectivity index (χ1v) is 10.5. The second-order valence-electron chi connectivity index (χ2n) is 7.46. The summed E-state index contributed by atoms with van der Waals surface area (Å²) in [6, 6.07) is 15.3. The van der Waals surface area contributed by atoms with Gasteiger partial charge in [0.25, 0.3) is 0 Å². The summed E-state index contributed by atoms with van der Waals surface area (Å²) >= 11 is 12.0. The Bertz CT molecular complexity index is 1090. The number of nitrogens with one attached hydrogen (secondary N) is 2. The Kier molecular flexibility index (Phi) is 6.53. The Balaban J connectivity index is 1.59. The first-order valence-electron chi connectivity index (χ1n) is 9.76. The Hall–Kier alpha value is -2.45. The number of hydrazine groups is 1. The van der Waals surface area contributed by atoms with Crippen LogP contribution >= 0.6 is 23.2 Å². The van der Waals surface area contributed by atoms with Crippen molar-refractivity contribution in [2.75, 3.05) is 0 Å². The fraction of sp³-hybridized carbons (Fsp3) is 0.217. The van der Waals surface area contributed by atoms with Gasteiger partial charge in [0.15, 0.2) is 0 Å². The number of benzene rings is 3. The fourth-order valence-electron chi connectivity index (χ4n) is 3.83.